The molecule has 1 aliphatic carbocycles. The number of amides is 1. The number of carbonyl (C=O) groups is 3. The van der Waals surface area contributed by atoms with E-state index in [1.54, 1.807) is 31.3 Å². The lowest BCUT2D eigenvalue weighted by Gasteiger charge is -2.59. The van der Waals surface area contributed by atoms with Crippen LogP contribution in [0.4, 0.5) is 0 Å². The minimum atomic E-state index is -1.46. The van der Waals surface area contributed by atoms with E-state index in [4.69, 9.17) is 4.74 Å². The largest absolute Gasteiger partial charge is 0.376 e. The number of carbonyl (C=O) groups excluding carboxylic acids is 3. The summed E-state index contributed by atoms with van der Waals surface area (Å²) in [5.41, 5.74) is -1.39. The number of fused-ring (bicyclic) bond motifs is 1. The predicted molar refractivity (Wildman–Crippen MR) is 99.1 cm³/mol. The van der Waals surface area contributed by atoms with Gasteiger partial charge in [-0.25, -0.2) is 0 Å². The van der Waals surface area contributed by atoms with Crippen molar-refractivity contribution in [3.05, 3.63) is 71.8 Å². The maximum Gasteiger partial charge on any atom is 0.291 e. The zero-order valence-electron chi connectivity index (χ0n) is 15.3. The highest BCUT2D eigenvalue weighted by atomic mass is 16.5. The molecule has 1 saturated carbocycles. The predicted octanol–water partition coefficient (Wildman–Crippen LogP) is 2.60. The Morgan fingerprint density at radius 3 is 2.26 bits per heavy atom. The molecule has 27 heavy (non-hydrogen) atoms. The van der Waals surface area contributed by atoms with Crippen LogP contribution in [-0.4, -0.2) is 42.1 Å². The monoisotopic (exact) mass is 363 g/mol. The Bertz CT molecular complexity index is 910. The zero-order chi connectivity index (χ0) is 19.2. The van der Waals surface area contributed by atoms with Crippen molar-refractivity contribution in [1.29, 1.82) is 0 Å². The van der Waals surface area contributed by atoms with Gasteiger partial charge in [-0.05, 0) is 18.9 Å². The molecule has 0 unspecified atom stereocenters. The van der Waals surface area contributed by atoms with Crippen LogP contribution in [0.5, 0.6) is 0 Å². The first-order valence-corrected chi connectivity index (χ1v) is 9.11. The molecule has 0 spiro atoms. The Kier molecular flexibility index (Phi) is 4.00. The molecule has 5 heteroatoms. The fourth-order valence-corrected chi connectivity index (χ4v) is 4.89. The quantitative estimate of drug-likeness (QED) is 0.465. The molecule has 3 atom stereocenters. The molecule has 4 rings (SSSR count). The van der Waals surface area contributed by atoms with Crippen molar-refractivity contribution in [2.45, 2.75) is 25.0 Å². The Balaban J connectivity index is 1.97. The van der Waals surface area contributed by atoms with Gasteiger partial charge in [0.25, 0.3) is 5.91 Å². The van der Waals surface area contributed by atoms with Crippen LogP contribution in [0, 0.1) is 5.41 Å². The van der Waals surface area contributed by atoms with Crippen LogP contribution in [0.25, 0.3) is 0 Å². The molecular formula is C22H21NO4. The summed E-state index contributed by atoms with van der Waals surface area (Å²) in [6.07, 6.45) is -0.212. The maximum atomic E-state index is 13.6. The zero-order valence-corrected chi connectivity index (χ0v) is 15.3. The Morgan fingerprint density at radius 2 is 1.67 bits per heavy atom. The van der Waals surface area contributed by atoms with Gasteiger partial charge in [-0.1, -0.05) is 60.7 Å². The van der Waals surface area contributed by atoms with E-state index in [0.29, 0.717) is 12.2 Å². The van der Waals surface area contributed by atoms with Gasteiger partial charge in [0.2, 0.25) is 5.78 Å². The third-order valence-electron chi connectivity index (χ3n) is 6.03. The maximum absolute atomic E-state index is 13.6. The molecule has 2 aromatic rings. The van der Waals surface area contributed by atoms with E-state index < -0.39 is 28.7 Å². The summed E-state index contributed by atoms with van der Waals surface area (Å²) in [6.45, 7) is 2.31. The van der Waals surface area contributed by atoms with Crippen LogP contribution in [0.3, 0.4) is 0 Å². The second kappa shape index (κ2) is 6.13. The summed E-state index contributed by atoms with van der Waals surface area (Å²) in [4.78, 5) is 41.0. The van der Waals surface area contributed by atoms with Gasteiger partial charge in [0, 0.05) is 19.2 Å². The Morgan fingerprint density at radius 1 is 1.07 bits per heavy atom. The molecule has 1 aliphatic heterocycles. The fraction of sp³-hybridized carbons (Fsp3) is 0.318. The second-order valence-corrected chi connectivity index (χ2v) is 7.07. The van der Waals surface area contributed by atoms with Crippen molar-refractivity contribution >= 4 is 17.5 Å². The van der Waals surface area contributed by atoms with Crippen molar-refractivity contribution in [1.82, 2.24) is 4.90 Å². The van der Waals surface area contributed by atoms with Crippen LogP contribution in [0.15, 0.2) is 60.7 Å². The number of rotatable bonds is 5. The number of ketones is 2. The summed E-state index contributed by atoms with van der Waals surface area (Å²) in [7, 11) is 1.60. The average Bonchev–Trinajstić information content (AvgIpc) is 2.83. The molecule has 2 aromatic carbocycles. The summed E-state index contributed by atoms with van der Waals surface area (Å²) in [5.74, 6) is -1.59. The van der Waals surface area contributed by atoms with Crippen molar-refractivity contribution in [2.75, 3.05) is 13.7 Å². The molecule has 2 aliphatic rings. The van der Waals surface area contributed by atoms with E-state index in [9.17, 15) is 14.4 Å². The molecule has 5 nitrogen and oxygen atoms in total. The minimum absolute atomic E-state index is 0.207. The number of hydrogen-bond acceptors (Lipinski definition) is 4. The summed E-state index contributed by atoms with van der Waals surface area (Å²) in [6, 6.07) is 18.0. The lowest BCUT2D eigenvalue weighted by atomic mass is 9.47. The van der Waals surface area contributed by atoms with Crippen molar-refractivity contribution in [3.63, 3.8) is 0 Å². The van der Waals surface area contributed by atoms with Gasteiger partial charge in [-0.2, -0.15) is 0 Å². The number of likely N-dealkylation sites (N-methyl/N-ethyl adjacent to an activating group) is 1. The van der Waals surface area contributed by atoms with Crippen LogP contribution in [0.1, 0.15) is 29.3 Å². The smallest absolute Gasteiger partial charge is 0.291 e. The molecule has 0 bridgehead atoms. The van der Waals surface area contributed by atoms with E-state index >= 15 is 0 Å². The summed E-state index contributed by atoms with van der Waals surface area (Å²) in [5, 5.41) is 0. The highest BCUT2D eigenvalue weighted by Gasteiger charge is 2.82. The first-order valence-electron chi connectivity index (χ1n) is 9.11. The highest BCUT2D eigenvalue weighted by molar-refractivity contribution is 6.47. The normalized spacial score (nSPS) is 29.4. The molecule has 2 fully saturated rings. The molecular weight excluding hydrogens is 342 g/mol. The van der Waals surface area contributed by atoms with Crippen LogP contribution >= 0.6 is 0 Å². The van der Waals surface area contributed by atoms with Gasteiger partial charge in [0.15, 0.2) is 5.78 Å². The molecule has 1 heterocycles. The summed E-state index contributed by atoms with van der Waals surface area (Å²) >= 11 is 0. The first kappa shape index (κ1) is 17.6. The summed E-state index contributed by atoms with van der Waals surface area (Å²) < 4.78 is 5.93. The van der Waals surface area contributed by atoms with Gasteiger partial charge >= 0.3 is 0 Å². The molecule has 1 amide bonds. The van der Waals surface area contributed by atoms with Gasteiger partial charge in [-0.3, -0.25) is 14.4 Å². The number of nitrogens with zero attached hydrogens (tertiary/aromatic N) is 1. The molecule has 1 saturated heterocycles. The second-order valence-electron chi connectivity index (χ2n) is 7.07. The van der Waals surface area contributed by atoms with Gasteiger partial charge in [0.05, 0.1) is 6.10 Å². The molecule has 0 N–H and O–H groups in total. The Hall–Kier alpha value is -2.79. The number of benzene rings is 2. The topological polar surface area (TPSA) is 63.7 Å². The standard InChI is InChI=1S/C22H21NO4/c1-3-27-17-14-21(18(24)15-10-6-4-7-11-15)19(25)20(26)23(2)22(17,21)16-12-8-5-9-13-16/h4-13,17H,3,14H2,1-2H3/t17-,21+,22-/m1/s1. The average molecular weight is 363 g/mol. The van der Waals surface area contributed by atoms with Gasteiger partial charge in [0.1, 0.15) is 11.0 Å². The lowest BCUT2D eigenvalue weighted by molar-refractivity contribution is -0.180. The van der Waals surface area contributed by atoms with Crippen LogP contribution in [-0.2, 0) is 19.9 Å². The van der Waals surface area contributed by atoms with E-state index in [1.165, 1.54) is 4.90 Å². The SMILES string of the molecule is CCO[C@@H]1C[C@]2(C(=O)c3ccccc3)C(=O)C(=O)N(C)[C@]12c1ccccc1. The van der Waals surface area contributed by atoms with E-state index in [1.807, 2.05) is 43.3 Å². The minimum Gasteiger partial charge on any atom is -0.376 e. The third-order valence-corrected chi connectivity index (χ3v) is 6.03. The first-order chi connectivity index (χ1) is 13.0. The van der Waals surface area contributed by atoms with Crippen LogP contribution in [0.2, 0.25) is 0 Å². The lowest BCUT2D eigenvalue weighted by Crippen LogP contribution is -2.72. The highest BCUT2D eigenvalue weighted by Crippen LogP contribution is 2.65. The van der Waals surface area contributed by atoms with Crippen LogP contribution < -0.4 is 0 Å². The van der Waals surface area contributed by atoms with Gasteiger partial charge in [-0.15, -0.1) is 0 Å². The molecule has 138 valence electrons. The van der Waals surface area contributed by atoms with Crippen molar-refractivity contribution < 1.29 is 19.1 Å². The van der Waals surface area contributed by atoms with Gasteiger partial charge < -0.3 is 9.64 Å². The van der Waals surface area contributed by atoms with Crippen molar-refractivity contribution in [3.8, 4) is 0 Å². The molecule has 0 aromatic heterocycles. The number of ether oxygens (including phenoxy) is 1. The van der Waals surface area contributed by atoms with Crippen molar-refractivity contribution in [2.24, 2.45) is 5.41 Å². The molecule has 0 radical (unpaired) electrons. The number of likely N-dealkylation sites (tertiary alicyclic amines) is 1. The van der Waals surface area contributed by atoms with E-state index in [0.717, 1.165) is 5.56 Å². The number of hydrogen-bond donors (Lipinski definition) is 0. The Labute approximate surface area is 157 Å². The van der Waals surface area contributed by atoms with E-state index in [-0.39, 0.29) is 12.2 Å². The number of Topliss-reactive ketones (excluding diaryl/α,β-unsaturated/α-hetero) is 2. The third kappa shape index (κ3) is 2.00. The van der Waals surface area contributed by atoms with E-state index in [2.05, 4.69) is 0 Å². The fourth-order valence-electron chi connectivity index (χ4n) is 4.89.